The van der Waals surface area contributed by atoms with Crippen LogP contribution < -0.4 is 10.0 Å². The zero-order valence-electron chi connectivity index (χ0n) is 10.1. The Kier molecular flexibility index (Phi) is 4.76. The second-order valence-corrected chi connectivity index (χ2v) is 5.49. The van der Waals surface area contributed by atoms with E-state index in [2.05, 4.69) is 10.0 Å². The minimum absolute atomic E-state index is 0.321. The molecule has 0 aromatic heterocycles. The lowest BCUT2D eigenvalue weighted by atomic mass is 10.3. The Labute approximate surface area is 105 Å². The Bertz CT molecular complexity index is 530. The monoisotopic (exact) mass is 273 g/mol. The zero-order chi connectivity index (χ0) is 13.8. The third-order valence-corrected chi connectivity index (χ3v) is 3.86. The van der Waals surface area contributed by atoms with E-state index in [9.17, 15) is 18.5 Å². The molecule has 0 aliphatic carbocycles. The molecule has 0 spiro atoms. The van der Waals surface area contributed by atoms with Gasteiger partial charge in [-0.2, -0.15) is 0 Å². The van der Waals surface area contributed by atoms with Crippen LogP contribution in [0.5, 0.6) is 0 Å². The minimum Gasteiger partial charge on any atom is -0.318 e. The molecule has 0 bridgehead atoms. The van der Waals surface area contributed by atoms with Gasteiger partial charge in [0.05, 0.1) is 4.92 Å². The average Bonchev–Trinajstić information content (AvgIpc) is 2.28. The number of likely N-dealkylation sites (N-methyl/N-ethyl adjacent to an activating group) is 1. The van der Waals surface area contributed by atoms with Crippen molar-refractivity contribution < 1.29 is 13.3 Å². The van der Waals surface area contributed by atoms with E-state index in [0.29, 0.717) is 6.54 Å². The van der Waals surface area contributed by atoms with Crippen LogP contribution >= 0.6 is 0 Å². The van der Waals surface area contributed by atoms with E-state index >= 15 is 0 Å². The maximum atomic E-state index is 12.0. The van der Waals surface area contributed by atoms with Crippen molar-refractivity contribution in [2.75, 3.05) is 13.6 Å². The Morgan fingerprint density at radius 1 is 1.39 bits per heavy atom. The number of benzene rings is 1. The standard InChI is InChI=1S/C10H15N3O4S/c1-8(7-11-2)12-18(16,17)10-6-4-3-5-9(10)13(14)15/h3-6,8,11-12H,7H2,1-2H3. The van der Waals surface area contributed by atoms with E-state index in [-0.39, 0.29) is 10.9 Å². The Morgan fingerprint density at radius 2 is 2.00 bits per heavy atom. The quantitative estimate of drug-likeness (QED) is 0.580. The van der Waals surface area contributed by atoms with Gasteiger partial charge < -0.3 is 5.32 Å². The highest BCUT2D eigenvalue weighted by molar-refractivity contribution is 7.89. The van der Waals surface area contributed by atoms with E-state index in [0.717, 1.165) is 6.07 Å². The summed E-state index contributed by atoms with van der Waals surface area (Å²) < 4.78 is 26.4. The number of nitrogens with zero attached hydrogens (tertiary/aromatic N) is 1. The predicted octanol–water partition coefficient (Wildman–Crippen LogP) is 0.481. The first-order valence-corrected chi connectivity index (χ1v) is 6.77. The molecule has 18 heavy (non-hydrogen) atoms. The molecule has 0 aliphatic rings. The zero-order valence-corrected chi connectivity index (χ0v) is 10.9. The van der Waals surface area contributed by atoms with Crippen LogP contribution in [0.2, 0.25) is 0 Å². The van der Waals surface area contributed by atoms with Crippen molar-refractivity contribution in [2.24, 2.45) is 0 Å². The molecule has 2 N–H and O–H groups in total. The first-order valence-electron chi connectivity index (χ1n) is 5.29. The summed E-state index contributed by atoms with van der Waals surface area (Å²) in [5.74, 6) is 0. The van der Waals surface area contributed by atoms with E-state index < -0.39 is 20.6 Å². The topological polar surface area (TPSA) is 101 Å². The Morgan fingerprint density at radius 3 is 2.56 bits per heavy atom. The molecule has 1 unspecified atom stereocenters. The highest BCUT2D eigenvalue weighted by atomic mass is 32.2. The lowest BCUT2D eigenvalue weighted by molar-refractivity contribution is -0.387. The molecule has 1 aromatic rings. The van der Waals surface area contributed by atoms with Gasteiger partial charge in [-0.1, -0.05) is 12.1 Å². The van der Waals surface area contributed by atoms with Gasteiger partial charge in [-0.05, 0) is 20.0 Å². The number of hydrogen-bond donors (Lipinski definition) is 2. The molecule has 0 saturated carbocycles. The average molecular weight is 273 g/mol. The fourth-order valence-electron chi connectivity index (χ4n) is 1.51. The summed E-state index contributed by atoms with van der Waals surface area (Å²) in [6.45, 7) is 2.10. The summed E-state index contributed by atoms with van der Waals surface area (Å²) >= 11 is 0. The van der Waals surface area contributed by atoms with Crippen LogP contribution in [-0.4, -0.2) is 33.0 Å². The van der Waals surface area contributed by atoms with Gasteiger partial charge in [-0.3, -0.25) is 10.1 Å². The molecule has 1 rings (SSSR count). The van der Waals surface area contributed by atoms with Crippen LogP contribution in [-0.2, 0) is 10.0 Å². The number of sulfonamides is 1. The van der Waals surface area contributed by atoms with E-state index in [1.54, 1.807) is 14.0 Å². The lowest BCUT2D eigenvalue weighted by Gasteiger charge is -2.13. The molecule has 100 valence electrons. The van der Waals surface area contributed by atoms with Gasteiger partial charge in [-0.25, -0.2) is 13.1 Å². The van der Waals surface area contributed by atoms with Gasteiger partial charge in [-0.15, -0.1) is 0 Å². The van der Waals surface area contributed by atoms with Crippen molar-refractivity contribution in [3.8, 4) is 0 Å². The van der Waals surface area contributed by atoms with Crippen LogP contribution in [0.3, 0.4) is 0 Å². The van der Waals surface area contributed by atoms with Gasteiger partial charge in [0.25, 0.3) is 5.69 Å². The van der Waals surface area contributed by atoms with Gasteiger partial charge >= 0.3 is 0 Å². The maximum absolute atomic E-state index is 12.0. The van der Waals surface area contributed by atoms with Crippen LogP contribution in [0.25, 0.3) is 0 Å². The number of nitro benzene ring substituents is 1. The molecule has 7 nitrogen and oxygen atoms in total. The largest absolute Gasteiger partial charge is 0.318 e. The summed E-state index contributed by atoms with van der Waals surface area (Å²) in [7, 11) is -2.20. The smallest absolute Gasteiger partial charge is 0.289 e. The van der Waals surface area contributed by atoms with Crippen molar-refractivity contribution >= 4 is 15.7 Å². The van der Waals surface area contributed by atoms with Crippen LogP contribution in [0, 0.1) is 10.1 Å². The molecule has 0 aliphatic heterocycles. The van der Waals surface area contributed by atoms with E-state index in [4.69, 9.17) is 0 Å². The molecule has 1 atom stereocenters. The molecule has 0 heterocycles. The van der Waals surface area contributed by atoms with E-state index in [1.807, 2.05) is 0 Å². The highest BCUT2D eigenvalue weighted by Gasteiger charge is 2.26. The number of nitrogens with one attached hydrogen (secondary N) is 2. The summed E-state index contributed by atoms with van der Waals surface area (Å²) in [6, 6.07) is 4.89. The third-order valence-electron chi connectivity index (χ3n) is 2.22. The second kappa shape index (κ2) is 5.89. The number of para-hydroxylation sites is 1. The second-order valence-electron chi connectivity index (χ2n) is 3.80. The SMILES string of the molecule is CNCC(C)NS(=O)(=O)c1ccccc1[N+](=O)[O-]. The van der Waals surface area contributed by atoms with Crippen molar-refractivity contribution in [1.29, 1.82) is 0 Å². The first kappa shape index (κ1) is 14.6. The highest BCUT2D eigenvalue weighted by Crippen LogP contribution is 2.22. The first-order chi connectivity index (χ1) is 8.38. The van der Waals surface area contributed by atoms with Gasteiger partial charge in [0, 0.05) is 18.7 Å². The summed E-state index contributed by atoms with van der Waals surface area (Å²) in [4.78, 5) is 9.75. The van der Waals surface area contributed by atoms with Gasteiger partial charge in [0.15, 0.2) is 4.90 Å². The normalized spacial score (nSPS) is 13.2. The lowest BCUT2D eigenvalue weighted by Crippen LogP contribution is -2.39. The fourth-order valence-corrected chi connectivity index (χ4v) is 2.93. The molecule has 8 heteroatoms. The van der Waals surface area contributed by atoms with Crippen molar-refractivity contribution in [2.45, 2.75) is 17.9 Å². The molecular weight excluding hydrogens is 258 g/mol. The van der Waals surface area contributed by atoms with Gasteiger partial charge in [0.1, 0.15) is 0 Å². The predicted molar refractivity (Wildman–Crippen MR) is 66.8 cm³/mol. The molecule has 0 fully saturated rings. The molecule has 0 amide bonds. The number of rotatable bonds is 6. The Balaban J connectivity index is 3.09. The summed E-state index contributed by atoms with van der Waals surface area (Å²) in [5, 5.41) is 13.6. The third kappa shape index (κ3) is 3.49. The van der Waals surface area contributed by atoms with Crippen molar-refractivity contribution in [1.82, 2.24) is 10.0 Å². The number of nitro groups is 1. The van der Waals surface area contributed by atoms with E-state index in [1.165, 1.54) is 18.2 Å². The maximum Gasteiger partial charge on any atom is 0.289 e. The van der Waals surface area contributed by atoms with Crippen molar-refractivity contribution in [3.05, 3.63) is 34.4 Å². The van der Waals surface area contributed by atoms with Gasteiger partial charge in [0.2, 0.25) is 10.0 Å². The van der Waals surface area contributed by atoms with Crippen LogP contribution in [0.15, 0.2) is 29.2 Å². The Hall–Kier alpha value is -1.51. The molecule has 0 radical (unpaired) electrons. The summed E-state index contributed by atoms with van der Waals surface area (Å²) in [6.07, 6.45) is 0. The summed E-state index contributed by atoms with van der Waals surface area (Å²) in [5.41, 5.74) is -0.429. The van der Waals surface area contributed by atoms with Crippen molar-refractivity contribution in [3.63, 3.8) is 0 Å². The minimum atomic E-state index is -3.89. The van der Waals surface area contributed by atoms with Crippen LogP contribution in [0.4, 0.5) is 5.69 Å². The molecule has 1 aromatic carbocycles. The molecule has 0 saturated heterocycles. The fraction of sp³-hybridized carbons (Fsp3) is 0.400. The van der Waals surface area contributed by atoms with Crippen LogP contribution in [0.1, 0.15) is 6.92 Å². The number of hydrogen-bond acceptors (Lipinski definition) is 5. The molecular formula is C10H15N3O4S.